The number of hydrogen-bond acceptors (Lipinski definition) is 4. The molecule has 1 saturated carbocycles. The fourth-order valence-corrected chi connectivity index (χ4v) is 8.64. The molecule has 4 amide bonds. The Kier molecular flexibility index (Phi) is 7.16. The second kappa shape index (κ2) is 10.4. The topological polar surface area (TPSA) is 64.2 Å². The lowest BCUT2D eigenvalue weighted by molar-refractivity contribution is -0.139. The first-order chi connectivity index (χ1) is 19.2. The van der Waals surface area contributed by atoms with E-state index in [4.69, 9.17) is 0 Å². The largest absolute Gasteiger partial charge is 0.341 e. The normalized spacial score (nSPS) is 34.5. The SMILES string of the molecule is CCN1C(=O)N(CC)C2(CC3CCC(C2)N3C[C@H]2CN(C(=O)C3CCC(F)(F)CC3)C[C@@H]2c2ccccc2)C1=O. The molecule has 5 aliphatic rings. The summed E-state index contributed by atoms with van der Waals surface area (Å²) in [6.07, 6.45) is 3.48. The second-order valence-corrected chi connectivity index (χ2v) is 12.7. The van der Waals surface area contributed by atoms with Crippen molar-refractivity contribution in [2.75, 3.05) is 32.7 Å². The van der Waals surface area contributed by atoms with Crippen LogP contribution in [0.3, 0.4) is 0 Å². The highest BCUT2D eigenvalue weighted by Crippen LogP contribution is 2.48. The number of alkyl halides is 2. The van der Waals surface area contributed by atoms with Gasteiger partial charge in [-0.3, -0.25) is 19.4 Å². The molecule has 2 bridgehead atoms. The van der Waals surface area contributed by atoms with Crippen molar-refractivity contribution in [2.45, 2.75) is 94.7 Å². The number of urea groups is 1. The van der Waals surface area contributed by atoms with Gasteiger partial charge >= 0.3 is 6.03 Å². The van der Waals surface area contributed by atoms with Crippen LogP contribution in [0, 0.1) is 11.8 Å². The molecule has 1 aliphatic carbocycles. The smallest absolute Gasteiger partial charge is 0.327 e. The van der Waals surface area contributed by atoms with Gasteiger partial charge in [-0.25, -0.2) is 13.6 Å². The van der Waals surface area contributed by atoms with Crippen LogP contribution in [0.15, 0.2) is 30.3 Å². The molecule has 0 aromatic heterocycles. The maximum Gasteiger partial charge on any atom is 0.327 e. The van der Waals surface area contributed by atoms with Crippen LogP contribution in [0.4, 0.5) is 13.6 Å². The highest BCUT2D eigenvalue weighted by atomic mass is 19.3. The Morgan fingerprint density at radius 1 is 0.925 bits per heavy atom. The van der Waals surface area contributed by atoms with Gasteiger partial charge in [-0.05, 0) is 63.9 Å². The maximum absolute atomic E-state index is 13.8. The Hall–Kier alpha value is -2.55. The first kappa shape index (κ1) is 27.6. The molecule has 1 aromatic carbocycles. The number of piperidine rings is 1. The van der Waals surface area contributed by atoms with Gasteiger partial charge in [-0.1, -0.05) is 30.3 Å². The molecule has 4 atom stereocenters. The van der Waals surface area contributed by atoms with Crippen LogP contribution in [0.25, 0.3) is 0 Å². The van der Waals surface area contributed by atoms with Crippen molar-refractivity contribution >= 4 is 17.8 Å². The molecule has 4 saturated heterocycles. The highest BCUT2D eigenvalue weighted by Gasteiger charge is 2.62. The number of likely N-dealkylation sites (tertiary alicyclic amines) is 1. The summed E-state index contributed by atoms with van der Waals surface area (Å²) in [5, 5.41) is 0. The van der Waals surface area contributed by atoms with E-state index in [0.29, 0.717) is 39.0 Å². The minimum atomic E-state index is -2.64. The average Bonchev–Trinajstić information content (AvgIpc) is 3.53. The van der Waals surface area contributed by atoms with Gasteiger partial charge in [0.15, 0.2) is 0 Å². The zero-order valence-corrected chi connectivity index (χ0v) is 23.7. The van der Waals surface area contributed by atoms with Crippen LogP contribution in [0.5, 0.6) is 0 Å². The van der Waals surface area contributed by atoms with Crippen molar-refractivity contribution in [1.29, 1.82) is 0 Å². The molecule has 0 radical (unpaired) electrons. The Bertz CT molecular complexity index is 1120. The van der Waals surface area contributed by atoms with Crippen LogP contribution >= 0.6 is 0 Å². The number of halogens is 2. The molecule has 4 heterocycles. The standard InChI is InChI=1S/C31H42F2N4O3/c1-3-35-28(39)30(37(4-2)29(35)40)16-24-10-11-25(17-30)36(24)19-23-18-34(20-26(23)21-8-6-5-7-9-21)27(38)22-12-14-31(32,33)15-13-22/h5-9,22-26H,3-4,10-20H2,1-2H3/t23-,24?,25?,26-,30?/m1/s1. The summed E-state index contributed by atoms with van der Waals surface area (Å²) in [6, 6.07) is 10.6. The van der Waals surface area contributed by atoms with Crippen molar-refractivity contribution in [1.82, 2.24) is 19.6 Å². The Morgan fingerprint density at radius 2 is 1.57 bits per heavy atom. The van der Waals surface area contributed by atoms with E-state index in [0.717, 1.165) is 19.4 Å². The van der Waals surface area contributed by atoms with Crippen molar-refractivity contribution < 1.29 is 23.2 Å². The molecule has 6 rings (SSSR count). The van der Waals surface area contributed by atoms with Crippen molar-refractivity contribution in [2.24, 2.45) is 11.8 Å². The molecule has 1 aromatic rings. The predicted octanol–water partition coefficient (Wildman–Crippen LogP) is 4.72. The van der Waals surface area contributed by atoms with Crippen LogP contribution in [-0.4, -0.2) is 93.7 Å². The third-order valence-electron chi connectivity index (χ3n) is 10.7. The summed E-state index contributed by atoms with van der Waals surface area (Å²) >= 11 is 0. The number of imide groups is 1. The fourth-order valence-electron chi connectivity index (χ4n) is 8.64. The van der Waals surface area contributed by atoms with Gasteiger partial charge in [0.1, 0.15) is 5.54 Å². The molecule has 2 unspecified atom stereocenters. The molecule has 0 N–H and O–H groups in total. The third-order valence-corrected chi connectivity index (χ3v) is 10.7. The number of carbonyl (C=O) groups excluding carboxylic acids is 3. The van der Waals surface area contributed by atoms with E-state index in [1.54, 1.807) is 0 Å². The highest BCUT2D eigenvalue weighted by molar-refractivity contribution is 6.07. The Labute approximate surface area is 235 Å². The summed E-state index contributed by atoms with van der Waals surface area (Å²) in [6.45, 7) is 6.85. The number of nitrogens with zero attached hydrogens (tertiary/aromatic N) is 4. The van der Waals surface area contributed by atoms with Crippen molar-refractivity contribution in [3.8, 4) is 0 Å². The van der Waals surface area contributed by atoms with Crippen LogP contribution < -0.4 is 0 Å². The zero-order chi connectivity index (χ0) is 28.2. The van der Waals surface area contributed by atoms with E-state index in [2.05, 4.69) is 17.0 Å². The number of benzene rings is 1. The predicted molar refractivity (Wildman–Crippen MR) is 147 cm³/mol. The number of carbonyl (C=O) groups is 3. The molecular weight excluding hydrogens is 514 g/mol. The molecule has 40 heavy (non-hydrogen) atoms. The second-order valence-electron chi connectivity index (χ2n) is 12.7. The number of rotatable bonds is 6. The Morgan fingerprint density at radius 3 is 2.17 bits per heavy atom. The van der Waals surface area contributed by atoms with Crippen LogP contribution in [0.1, 0.15) is 76.7 Å². The Balaban J connectivity index is 1.20. The van der Waals surface area contributed by atoms with E-state index in [1.807, 2.05) is 41.8 Å². The van der Waals surface area contributed by atoms with E-state index >= 15 is 0 Å². The summed E-state index contributed by atoms with van der Waals surface area (Å²) in [5.74, 6) is -2.54. The molecule has 1 spiro atoms. The maximum atomic E-state index is 13.8. The van der Waals surface area contributed by atoms with Crippen molar-refractivity contribution in [3.05, 3.63) is 35.9 Å². The lowest BCUT2D eigenvalue weighted by Gasteiger charge is -2.47. The van der Waals surface area contributed by atoms with Gasteiger partial charge in [0.25, 0.3) is 5.91 Å². The van der Waals surface area contributed by atoms with Crippen LogP contribution in [0.2, 0.25) is 0 Å². The molecule has 5 fully saturated rings. The van der Waals surface area contributed by atoms with E-state index < -0.39 is 11.5 Å². The lowest BCUT2D eigenvalue weighted by atomic mass is 9.80. The van der Waals surface area contributed by atoms with E-state index in [9.17, 15) is 23.2 Å². The van der Waals surface area contributed by atoms with Gasteiger partial charge < -0.3 is 9.80 Å². The summed E-state index contributed by atoms with van der Waals surface area (Å²) in [7, 11) is 0. The quantitative estimate of drug-likeness (QED) is 0.476. The minimum Gasteiger partial charge on any atom is -0.341 e. The zero-order valence-electron chi connectivity index (χ0n) is 23.7. The van der Waals surface area contributed by atoms with E-state index in [1.165, 1.54) is 10.5 Å². The average molecular weight is 557 g/mol. The van der Waals surface area contributed by atoms with Gasteiger partial charge in [-0.2, -0.15) is 0 Å². The summed E-state index contributed by atoms with van der Waals surface area (Å²) < 4.78 is 27.5. The minimum absolute atomic E-state index is 0.0312. The van der Waals surface area contributed by atoms with Gasteiger partial charge in [-0.15, -0.1) is 0 Å². The summed E-state index contributed by atoms with van der Waals surface area (Å²) in [5.41, 5.74) is 0.482. The first-order valence-electron chi connectivity index (χ1n) is 15.3. The van der Waals surface area contributed by atoms with E-state index in [-0.39, 0.29) is 73.4 Å². The molecular formula is C31H42F2N4O3. The monoisotopic (exact) mass is 556 g/mol. The first-order valence-corrected chi connectivity index (χ1v) is 15.3. The van der Waals surface area contributed by atoms with Gasteiger partial charge in [0.05, 0.1) is 0 Å². The molecule has 9 heteroatoms. The molecule has 218 valence electrons. The van der Waals surface area contributed by atoms with Crippen LogP contribution in [-0.2, 0) is 9.59 Å². The fraction of sp³-hybridized carbons (Fsp3) is 0.710. The van der Waals surface area contributed by atoms with Gasteiger partial charge in [0, 0.05) is 69.5 Å². The summed E-state index contributed by atoms with van der Waals surface area (Å²) in [4.78, 5) is 47.9. The number of likely N-dealkylation sites (N-methyl/N-ethyl adjacent to an activating group) is 2. The molecule has 7 nitrogen and oxygen atoms in total. The lowest BCUT2D eigenvalue weighted by Crippen LogP contribution is -2.60. The van der Waals surface area contributed by atoms with Crippen molar-refractivity contribution in [3.63, 3.8) is 0 Å². The number of fused-ring (bicyclic) bond motifs is 2. The number of hydrogen-bond donors (Lipinski definition) is 0. The number of amides is 4. The van der Waals surface area contributed by atoms with Gasteiger partial charge in [0.2, 0.25) is 11.8 Å². The molecule has 4 aliphatic heterocycles. The third kappa shape index (κ3) is 4.52.